The number of benzene rings is 1. The summed E-state index contributed by atoms with van der Waals surface area (Å²) in [6.45, 7) is 6.04. The molecule has 4 nitrogen and oxygen atoms in total. The Labute approximate surface area is 119 Å². The monoisotopic (exact) mass is 273 g/mol. The van der Waals surface area contributed by atoms with E-state index in [4.69, 9.17) is 4.74 Å². The van der Waals surface area contributed by atoms with Crippen LogP contribution in [-0.4, -0.2) is 24.5 Å². The number of rotatable bonds is 3. The van der Waals surface area contributed by atoms with Crippen molar-refractivity contribution in [2.75, 3.05) is 11.5 Å². The molecule has 0 bridgehead atoms. The second-order valence-electron chi connectivity index (χ2n) is 4.92. The van der Waals surface area contributed by atoms with Crippen LogP contribution in [0.4, 0.5) is 5.69 Å². The Kier molecular flexibility index (Phi) is 4.23. The molecular formula is C16H19NO3. The van der Waals surface area contributed by atoms with E-state index in [0.29, 0.717) is 13.0 Å². The van der Waals surface area contributed by atoms with Gasteiger partial charge in [0.25, 0.3) is 5.91 Å². The molecule has 1 amide bonds. The van der Waals surface area contributed by atoms with Gasteiger partial charge in [0.05, 0.1) is 12.3 Å². The highest BCUT2D eigenvalue weighted by Crippen LogP contribution is 2.29. The average Bonchev–Trinajstić information content (AvgIpc) is 2.80. The first-order chi connectivity index (χ1) is 9.56. The van der Waals surface area contributed by atoms with Crippen LogP contribution in [0.2, 0.25) is 0 Å². The summed E-state index contributed by atoms with van der Waals surface area (Å²) in [6.07, 6.45) is 3.70. The Morgan fingerprint density at radius 2 is 2.00 bits per heavy atom. The molecule has 0 N–H and O–H groups in total. The molecule has 1 aromatic rings. The number of allylic oxidation sites excluding steroid dienone is 1. The first kappa shape index (κ1) is 14.3. The molecule has 1 aliphatic heterocycles. The zero-order valence-electron chi connectivity index (χ0n) is 12.1. The lowest BCUT2D eigenvalue weighted by atomic mass is 10.0. The van der Waals surface area contributed by atoms with Crippen LogP contribution in [0.3, 0.4) is 0 Å². The van der Waals surface area contributed by atoms with Crippen molar-refractivity contribution < 1.29 is 14.3 Å². The number of amides is 1. The van der Waals surface area contributed by atoms with Gasteiger partial charge < -0.3 is 4.74 Å². The first-order valence-electron chi connectivity index (χ1n) is 6.75. The zero-order valence-corrected chi connectivity index (χ0v) is 12.1. The van der Waals surface area contributed by atoms with Crippen LogP contribution in [0, 0.1) is 13.8 Å². The fraction of sp³-hybridized carbons (Fsp3) is 0.375. The molecule has 106 valence electrons. The third-order valence-electron chi connectivity index (χ3n) is 3.45. The van der Waals surface area contributed by atoms with E-state index in [-0.39, 0.29) is 11.9 Å². The number of hydrogen-bond donors (Lipinski definition) is 0. The summed E-state index contributed by atoms with van der Waals surface area (Å²) in [5, 5.41) is 0. The lowest BCUT2D eigenvalue weighted by Crippen LogP contribution is -2.43. The summed E-state index contributed by atoms with van der Waals surface area (Å²) in [6, 6.07) is 5.30. The molecule has 1 fully saturated rings. The van der Waals surface area contributed by atoms with Gasteiger partial charge in [-0.15, -0.1) is 0 Å². The Morgan fingerprint density at radius 3 is 2.50 bits per heavy atom. The summed E-state index contributed by atoms with van der Waals surface area (Å²) in [4.78, 5) is 25.9. The Bertz CT molecular complexity index is 543. The topological polar surface area (TPSA) is 46.6 Å². The van der Waals surface area contributed by atoms with Crippen molar-refractivity contribution in [1.29, 1.82) is 0 Å². The van der Waals surface area contributed by atoms with Gasteiger partial charge in [-0.25, -0.2) is 4.79 Å². The van der Waals surface area contributed by atoms with E-state index in [1.54, 1.807) is 17.9 Å². The van der Waals surface area contributed by atoms with Gasteiger partial charge in [0.15, 0.2) is 0 Å². The molecule has 0 aliphatic carbocycles. The average molecular weight is 273 g/mol. The molecule has 0 spiro atoms. The van der Waals surface area contributed by atoms with E-state index in [1.807, 2.05) is 32.0 Å². The maximum absolute atomic E-state index is 12.4. The van der Waals surface area contributed by atoms with Crippen molar-refractivity contribution in [3.63, 3.8) is 0 Å². The fourth-order valence-corrected chi connectivity index (χ4v) is 2.55. The van der Waals surface area contributed by atoms with Gasteiger partial charge in [0.2, 0.25) is 0 Å². The molecule has 0 saturated carbocycles. The molecule has 20 heavy (non-hydrogen) atoms. The van der Waals surface area contributed by atoms with Gasteiger partial charge in [-0.3, -0.25) is 9.69 Å². The van der Waals surface area contributed by atoms with Gasteiger partial charge >= 0.3 is 5.97 Å². The molecule has 1 unspecified atom stereocenters. The standard InChI is InChI=1S/C16H19NO3/c1-4-6-14(18)17(13-9-10-20-16(13)19)15-11(2)7-5-8-12(15)3/h4-8,13H,9-10H2,1-3H3/b6-4+. The number of carbonyl (C=O) groups is 2. The van der Waals surface area contributed by atoms with Gasteiger partial charge in [0.1, 0.15) is 6.04 Å². The van der Waals surface area contributed by atoms with Crippen LogP contribution in [0.15, 0.2) is 30.4 Å². The molecule has 1 heterocycles. The minimum Gasteiger partial charge on any atom is -0.464 e. The second-order valence-corrected chi connectivity index (χ2v) is 4.92. The van der Waals surface area contributed by atoms with Crippen molar-refractivity contribution in [3.05, 3.63) is 41.5 Å². The highest BCUT2D eigenvalue weighted by atomic mass is 16.5. The number of cyclic esters (lactones) is 1. The number of aryl methyl sites for hydroxylation is 2. The first-order valence-corrected chi connectivity index (χ1v) is 6.75. The molecular weight excluding hydrogens is 254 g/mol. The zero-order chi connectivity index (χ0) is 14.7. The fourth-order valence-electron chi connectivity index (χ4n) is 2.55. The van der Waals surface area contributed by atoms with E-state index in [0.717, 1.165) is 16.8 Å². The lowest BCUT2D eigenvalue weighted by Gasteiger charge is -2.28. The predicted octanol–water partition coefficient (Wildman–Crippen LogP) is 2.53. The molecule has 1 atom stereocenters. The van der Waals surface area contributed by atoms with E-state index in [9.17, 15) is 9.59 Å². The molecule has 0 aromatic heterocycles. The largest absolute Gasteiger partial charge is 0.464 e. The Balaban J connectivity index is 2.51. The minimum absolute atomic E-state index is 0.186. The molecule has 1 aromatic carbocycles. The summed E-state index contributed by atoms with van der Waals surface area (Å²) >= 11 is 0. The van der Waals surface area contributed by atoms with E-state index in [1.165, 1.54) is 6.08 Å². The molecule has 1 saturated heterocycles. The van der Waals surface area contributed by atoms with Crippen LogP contribution < -0.4 is 4.90 Å². The van der Waals surface area contributed by atoms with Crippen LogP contribution in [-0.2, 0) is 14.3 Å². The van der Waals surface area contributed by atoms with Gasteiger partial charge in [-0.2, -0.15) is 0 Å². The van der Waals surface area contributed by atoms with Crippen LogP contribution in [0.5, 0.6) is 0 Å². The number of hydrogen-bond acceptors (Lipinski definition) is 3. The second kappa shape index (κ2) is 5.90. The lowest BCUT2D eigenvalue weighted by molar-refractivity contribution is -0.139. The van der Waals surface area contributed by atoms with Gasteiger partial charge in [-0.1, -0.05) is 24.3 Å². The quantitative estimate of drug-likeness (QED) is 0.628. The number of ether oxygens (including phenoxy) is 1. The highest BCUT2D eigenvalue weighted by molar-refractivity contribution is 6.06. The normalized spacial score (nSPS) is 18.4. The van der Waals surface area contributed by atoms with E-state index in [2.05, 4.69) is 0 Å². The van der Waals surface area contributed by atoms with Crippen molar-refractivity contribution >= 4 is 17.6 Å². The Hall–Kier alpha value is -2.10. The smallest absolute Gasteiger partial charge is 0.329 e. The third kappa shape index (κ3) is 2.59. The highest BCUT2D eigenvalue weighted by Gasteiger charge is 2.36. The number of anilines is 1. The summed E-state index contributed by atoms with van der Waals surface area (Å²) in [7, 11) is 0. The number of esters is 1. The number of para-hydroxylation sites is 1. The third-order valence-corrected chi connectivity index (χ3v) is 3.45. The van der Waals surface area contributed by atoms with Crippen molar-refractivity contribution in [1.82, 2.24) is 0 Å². The van der Waals surface area contributed by atoms with Crippen LogP contribution in [0.25, 0.3) is 0 Å². The van der Waals surface area contributed by atoms with E-state index < -0.39 is 6.04 Å². The molecule has 2 rings (SSSR count). The van der Waals surface area contributed by atoms with Crippen molar-refractivity contribution in [2.24, 2.45) is 0 Å². The maximum Gasteiger partial charge on any atom is 0.329 e. The molecule has 1 aliphatic rings. The van der Waals surface area contributed by atoms with Gasteiger partial charge in [0, 0.05) is 6.42 Å². The molecule has 0 radical (unpaired) electrons. The summed E-state index contributed by atoms with van der Waals surface area (Å²) in [5.74, 6) is -0.515. The van der Waals surface area contributed by atoms with Crippen LogP contribution >= 0.6 is 0 Å². The number of nitrogens with zero attached hydrogens (tertiary/aromatic N) is 1. The number of carbonyl (C=O) groups excluding carboxylic acids is 2. The van der Waals surface area contributed by atoms with Crippen molar-refractivity contribution in [3.8, 4) is 0 Å². The maximum atomic E-state index is 12.4. The predicted molar refractivity (Wildman–Crippen MR) is 77.6 cm³/mol. The van der Waals surface area contributed by atoms with Gasteiger partial charge in [-0.05, 0) is 38.0 Å². The summed E-state index contributed by atoms with van der Waals surface area (Å²) < 4.78 is 5.02. The van der Waals surface area contributed by atoms with E-state index >= 15 is 0 Å². The SMILES string of the molecule is C/C=C/C(=O)N(c1c(C)cccc1C)C1CCOC1=O. The molecule has 4 heteroatoms. The Morgan fingerprint density at radius 1 is 1.35 bits per heavy atom. The van der Waals surface area contributed by atoms with Crippen LogP contribution in [0.1, 0.15) is 24.5 Å². The minimum atomic E-state index is -0.529. The summed E-state index contributed by atoms with van der Waals surface area (Å²) in [5.41, 5.74) is 2.75. The van der Waals surface area contributed by atoms with Crippen molar-refractivity contribution in [2.45, 2.75) is 33.2 Å².